The van der Waals surface area contributed by atoms with Crippen molar-refractivity contribution in [1.82, 2.24) is 25.1 Å². The molecule has 0 amide bonds. The molecule has 5 rings (SSSR count). The van der Waals surface area contributed by atoms with Crippen LogP contribution in [0.5, 0.6) is 11.5 Å². The SMILES string of the molecule is COc1cc2c(cc1OC)[C@@H](c1ccccc1)N(Cc1nnnn1-c1ccccc1)CC2. The first-order valence-electron chi connectivity index (χ1n) is 10.6. The predicted octanol–water partition coefficient (Wildman–Crippen LogP) is 3.83. The highest BCUT2D eigenvalue weighted by molar-refractivity contribution is 5.51. The first-order chi connectivity index (χ1) is 15.8. The van der Waals surface area contributed by atoms with E-state index in [1.165, 1.54) is 16.7 Å². The van der Waals surface area contributed by atoms with Gasteiger partial charge < -0.3 is 9.47 Å². The third kappa shape index (κ3) is 3.71. The van der Waals surface area contributed by atoms with E-state index in [2.05, 4.69) is 56.8 Å². The summed E-state index contributed by atoms with van der Waals surface area (Å²) < 4.78 is 13.0. The quantitative estimate of drug-likeness (QED) is 0.466. The van der Waals surface area contributed by atoms with Crippen LogP contribution in [0.25, 0.3) is 5.69 Å². The van der Waals surface area contributed by atoms with Crippen LogP contribution in [0.15, 0.2) is 72.8 Å². The van der Waals surface area contributed by atoms with E-state index in [9.17, 15) is 0 Å². The van der Waals surface area contributed by atoms with Gasteiger partial charge in [-0.2, -0.15) is 4.68 Å². The molecule has 1 aliphatic rings. The summed E-state index contributed by atoms with van der Waals surface area (Å²) >= 11 is 0. The van der Waals surface area contributed by atoms with E-state index < -0.39 is 0 Å². The molecule has 4 aromatic rings. The maximum atomic E-state index is 5.62. The molecule has 0 bridgehead atoms. The number of tetrazole rings is 1. The summed E-state index contributed by atoms with van der Waals surface area (Å²) in [6.07, 6.45) is 0.909. The molecule has 1 aromatic heterocycles. The molecule has 32 heavy (non-hydrogen) atoms. The van der Waals surface area contributed by atoms with Gasteiger partial charge in [0, 0.05) is 6.54 Å². The molecule has 0 fully saturated rings. The average Bonchev–Trinajstić information content (AvgIpc) is 3.32. The molecule has 0 radical (unpaired) electrons. The number of fused-ring (bicyclic) bond motifs is 1. The van der Waals surface area contributed by atoms with Crippen LogP contribution in [0.3, 0.4) is 0 Å². The lowest BCUT2D eigenvalue weighted by atomic mass is 9.87. The molecule has 1 atom stereocenters. The Morgan fingerprint density at radius 1 is 0.906 bits per heavy atom. The molecule has 0 aliphatic carbocycles. The molecule has 2 heterocycles. The molecule has 0 saturated heterocycles. The summed E-state index contributed by atoms with van der Waals surface area (Å²) in [4.78, 5) is 2.43. The van der Waals surface area contributed by atoms with Crippen LogP contribution in [0, 0.1) is 0 Å². The number of benzene rings is 3. The maximum Gasteiger partial charge on any atom is 0.170 e. The van der Waals surface area contributed by atoms with E-state index in [0.29, 0.717) is 6.54 Å². The lowest BCUT2D eigenvalue weighted by Crippen LogP contribution is -2.36. The van der Waals surface area contributed by atoms with Gasteiger partial charge in [0.1, 0.15) is 0 Å². The molecular formula is C25H25N5O2. The Morgan fingerprint density at radius 2 is 1.59 bits per heavy atom. The summed E-state index contributed by atoms with van der Waals surface area (Å²) in [6, 6.07) is 24.8. The maximum absolute atomic E-state index is 5.62. The van der Waals surface area contributed by atoms with Crippen LogP contribution in [0.4, 0.5) is 0 Å². The second kappa shape index (κ2) is 8.80. The number of methoxy groups -OCH3 is 2. The van der Waals surface area contributed by atoms with Gasteiger partial charge in [-0.3, -0.25) is 4.90 Å². The summed E-state index contributed by atoms with van der Waals surface area (Å²) in [5, 5.41) is 12.5. The van der Waals surface area contributed by atoms with Gasteiger partial charge in [0.25, 0.3) is 0 Å². The largest absolute Gasteiger partial charge is 0.493 e. The van der Waals surface area contributed by atoms with Crippen LogP contribution in [0.1, 0.15) is 28.6 Å². The molecule has 0 spiro atoms. The van der Waals surface area contributed by atoms with E-state index in [-0.39, 0.29) is 6.04 Å². The number of nitrogens with zero attached hydrogens (tertiary/aromatic N) is 5. The summed E-state index contributed by atoms with van der Waals surface area (Å²) in [5.74, 6) is 2.31. The Labute approximate surface area is 187 Å². The number of rotatable bonds is 6. The minimum absolute atomic E-state index is 0.0562. The van der Waals surface area contributed by atoms with Crippen molar-refractivity contribution in [3.8, 4) is 17.2 Å². The van der Waals surface area contributed by atoms with Crippen molar-refractivity contribution < 1.29 is 9.47 Å². The lowest BCUT2D eigenvalue weighted by Gasteiger charge is -2.37. The number of hydrogen-bond donors (Lipinski definition) is 0. The highest BCUT2D eigenvalue weighted by atomic mass is 16.5. The first kappa shape index (κ1) is 20.2. The Kier molecular flexibility index (Phi) is 5.56. The van der Waals surface area contributed by atoms with Crippen molar-refractivity contribution in [2.24, 2.45) is 0 Å². The number of para-hydroxylation sites is 1. The minimum Gasteiger partial charge on any atom is -0.493 e. The fourth-order valence-electron chi connectivity index (χ4n) is 4.45. The molecule has 0 saturated carbocycles. The zero-order valence-electron chi connectivity index (χ0n) is 18.2. The third-order valence-electron chi connectivity index (χ3n) is 5.97. The predicted molar refractivity (Wildman–Crippen MR) is 121 cm³/mol. The number of hydrogen-bond acceptors (Lipinski definition) is 6. The molecule has 7 nitrogen and oxygen atoms in total. The summed E-state index contributed by atoms with van der Waals surface area (Å²) in [5.41, 5.74) is 4.67. The minimum atomic E-state index is 0.0562. The fourth-order valence-corrected chi connectivity index (χ4v) is 4.45. The second-order valence-electron chi connectivity index (χ2n) is 7.78. The third-order valence-corrected chi connectivity index (χ3v) is 5.97. The zero-order chi connectivity index (χ0) is 21.9. The van der Waals surface area contributed by atoms with E-state index in [1.54, 1.807) is 14.2 Å². The van der Waals surface area contributed by atoms with Crippen molar-refractivity contribution >= 4 is 0 Å². The van der Waals surface area contributed by atoms with Crippen molar-refractivity contribution in [1.29, 1.82) is 0 Å². The molecule has 3 aromatic carbocycles. The molecule has 7 heteroatoms. The Morgan fingerprint density at radius 3 is 2.31 bits per heavy atom. The molecule has 162 valence electrons. The van der Waals surface area contributed by atoms with Gasteiger partial charge >= 0.3 is 0 Å². The van der Waals surface area contributed by atoms with Gasteiger partial charge in [-0.1, -0.05) is 48.5 Å². The molecular weight excluding hydrogens is 402 g/mol. The van der Waals surface area contributed by atoms with Crippen LogP contribution in [0.2, 0.25) is 0 Å². The zero-order valence-corrected chi connectivity index (χ0v) is 18.2. The monoisotopic (exact) mass is 427 g/mol. The molecule has 0 unspecified atom stereocenters. The van der Waals surface area contributed by atoms with Gasteiger partial charge in [-0.15, -0.1) is 5.10 Å². The average molecular weight is 428 g/mol. The van der Waals surface area contributed by atoms with Crippen LogP contribution < -0.4 is 9.47 Å². The van der Waals surface area contributed by atoms with E-state index >= 15 is 0 Å². The van der Waals surface area contributed by atoms with Crippen LogP contribution in [-0.4, -0.2) is 45.9 Å². The van der Waals surface area contributed by atoms with Gasteiger partial charge in [-0.25, -0.2) is 0 Å². The first-order valence-corrected chi connectivity index (χ1v) is 10.6. The van der Waals surface area contributed by atoms with Crippen LogP contribution in [-0.2, 0) is 13.0 Å². The van der Waals surface area contributed by atoms with Crippen molar-refractivity contribution in [3.05, 3.63) is 95.3 Å². The lowest BCUT2D eigenvalue weighted by molar-refractivity contribution is 0.197. The molecule has 1 aliphatic heterocycles. The highest BCUT2D eigenvalue weighted by Crippen LogP contribution is 2.41. The Hall–Kier alpha value is -3.71. The summed E-state index contributed by atoms with van der Waals surface area (Å²) in [7, 11) is 3.35. The van der Waals surface area contributed by atoms with Gasteiger partial charge in [-0.05, 0) is 57.8 Å². The smallest absolute Gasteiger partial charge is 0.170 e. The van der Waals surface area contributed by atoms with Gasteiger partial charge in [0.05, 0.1) is 32.5 Å². The summed E-state index contributed by atoms with van der Waals surface area (Å²) in [6.45, 7) is 1.50. The number of ether oxygens (including phenoxy) is 2. The fraction of sp³-hybridized carbons (Fsp3) is 0.240. The van der Waals surface area contributed by atoms with E-state index in [1.807, 2.05) is 41.1 Å². The highest BCUT2D eigenvalue weighted by Gasteiger charge is 2.31. The Balaban J connectivity index is 1.56. The topological polar surface area (TPSA) is 65.3 Å². The van der Waals surface area contributed by atoms with E-state index in [0.717, 1.165) is 36.0 Å². The van der Waals surface area contributed by atoms with Gasteiger partial charge in [0.15, 0.2) is 17.3 Å². The van der Waals surface area contributed by atoms with Crippen molar-refractivity contribution in [3.63, 3.8) is 0 Å². The van der Waals surface area contributed by atoms with E-state index in [4.69, 9.17) is 9.47 Å². The van der Waals surface area contributed by atoms with Gasteiger partial charge in [0.2, 0.25) is 0 Å². The van der Waals surface area contributed by atoms with Crippen LogP contribution >= 0.6 is 0 Å². The van der Waals surface area contributed by atoms with Crippen molar-refractivity contribution in [2.75, 3.05) is 20.8 Å². The van der Waals surface area contributed by atoms with Crippen molar-refractivity contribution in [2.45, 2.75) is 19.0 Å². The number of aromatic nitrogens is 4. The normalized spacial score (nSPS) is 15.9. The second-order valence-corrected chi connectivity index (χ2v) is 7.78. The Bertz CT molecular complexity index is 1190. The standard InChI is InChI=1S/C25H25N5O2/c1-31-22-15-19-13-14-29(17-24-26-27-28-30(24)20-11-7-4-8-12-20)25(18-9-5-3-6-10-18)21(19)16-23(22)32-2/h3-12,15-16,25H,13-14,17H2,1-2H3/t25-/m1/s1. The molecule has 0 N–H and O–H groups in total.